The number of rotatable bonds is 6. The van der Waals surface area contributed by atoms with Gasteiger partial charge in [-0.1, -0.05) is 48.2 Å². The fraction of sp³-hybridized carbons (Fsp3) is 0.136. The van der Waals surface area contributed by atoms with Crippen LogP contribution in [0.15, 0.2) is 70.6 Å². The molecule has 162 valence electrons. The van der Waals surface area contributed by atoms with Crippen LogP contribution < -0.4 is 10.9 Å². The number of nitro benzene ring substituents is 1. The lowest BCUT2D eigenvalue weighted by molar-refractivity contribution is -0.384. The van der Waals surface area contributed by atoms with E-state index < -0.39 is 10.2 Å². The lowest BCUT2D eigenvalue weighted by Gasteiger charge is -2.13. The van der Waals surface area contributed by atoms with Crippen molar-refractivity contribution in [2.24, 2.45) is 7.05 Å². The van der Waals surface area contributed by atoms with Crippen molar-refractivity contribution in [2.45, 2.75) is 17.3 Å². The maximum atomic E-state index is 12.9. The molecule has 4 aromatic rings. The van der Waals surface area contributed by atoms with Gasteiger partial charge in [-0.3, -0.25) is 24.3 Å². The molecule has 2 aromatic carbocycles. The van der Waals surface area contributed by atoms with Gasteiger partial charge in [-0.25, -0.2) is 4.98 Å². The van der Waals surface area contributed by atoms with E-state index in [1.165, 1.54) is 34.1 Å². The highest BCUT2D eigenvalue weighted by atomic mass is 32.2. The number of carbonyl (C=O) groups excluding carboxylic acids is 1. The van der Waals surface area contributed by atoms with E-state index >= 15 is 0 Å². The summed E-state index contributed by atoms with van der Waals surface area (Å²) in [7, 11) is 1.63. The van der Waals surface area contributed by atoms with Crippen LogP contribution in [0, 0.1) is 10.1 Å². The predicted molar refractivity (Wildman–Crippen MR) is 127 cm³/mol. The third-order valence-corrected chi connectivity index (χ3v) is 6.99. The van der Waals surface area contributed by atoms with Crippen molar-refractivity contribution in [3.63, 3.8) is 0 Å². The van der Waals surface area contributed by atoms with E-state index in [4.69, 9.17) is 0 Å². The maximum Gasteiger partial charge on any atom is 0.271 e. The number of thioether (sulfide) groups is 1. The molecule has 4 rings (SSSR count). The Morgan fingerprint density at radius 3 is 2.66 bits per heavy atom. The number of hydrogen-bond donors (Lipinski definition) is 1. The van der Waals surface area contributed by atoms with Crippen LogP contribution in [0.5, 0.6) is 0 Å². The van der Waals surface area contributed by atoms with E-state index in [1.807, 2.05) is 36.4 Å². The van der Waals surface area contributed by atoms with Crippen LogP contribution in [0.1, 0.15) is 6.92 Å². The van der Waals surface area contributed by atoms with Gasteiger partial charge in [-0.15, -0.1) is 11.3 Å². The van der Waals surface area contributed by atoms with Crippen molar-refractivity contribution < 1.29 is 9.72 Å². The molecule has 1 atom stereocenters. The Morgan fingerprint density at radius 2 is 1.94 bits per heavy atom. The first-order valence-electron chi connectivity index (χ1n) is 9.61. The Labute approximate surface area is 191 Å². The molecule has 0 saturated carbocycles. The molecule has 0 saturated heterocycles. The van der Waals surface area contributed by atoms with Gasteiger partial charge >= 0.3 is 0 Å². The molecule has 32 heavy (non-hydrogen) atoms. The smallest absolute Gasteiger partial charge is 0.271 e. The van der Waals surface area contributed by atoms with Crippen LogP contribution in [-0.4, -0.2) is 25.6 Å². The predicted octanol–water partition coefficient (Wildman–Crippen LogP) is 4.69. The number of aromatic nitrogens is 2. The molecule has 0 spiro atoms. The fourth-order valence-corrected chi connectivity index (χ4v) is 5.00. The zero-order chi connectivity index (χ0) is 22.8. The molecule has 0 aliphatic carbocycles. The summed E-state index contributed by atoms with van der Waals surface area (Å²) in [5.41, 5.74) is 1.06. The van der Waals surface area contributed by atoms with Gasteiger partial charge in [0.05, 0.1) is 15.6 Å². The van der Waals surface area contributed by atoms with E-state index in [0.717, 1.165) is 22.2 Å². The van der Waals surface area contributed by atoms with Crippen molar-refractivity contribution in [1.82, 2.24) is 9.55 Å². The topological polar surface area (TPSA) is 107 Å². The van der Waals surface area contributed by atoms with Gasteiger partial charge in [0.25, 0.3) is 11.2 Å². The highest BCUT2D eigenvalue weighted by Gasteiger charge is 2.20. The first kappa shape index (κ1) is 21.7. The SMILES string of the molecule is CC(Sc1nc2sc(-c3ccccc3)cc2c(=O)n1C)C(=O)Nc1cccc([N+](=O)[O-])c1. The van der Waals surface area contributed by atoms with Crippen LogP contribution in [0.4, 0.5) is 11.4 Å². The summed E-state index contributed by atoms with van der Waals surface area (Å²) in [6.45, 7) is 1.69. The number of benzene rings is 2. The number of nitrogens with zero attached hydrogens (tertiary/aromatic N) is 3. The monoisotopic (exact) mass is 466 g/mol. The lowest BCUT2D eigenvalue weighted by atomic mass is 10.2. The van der Waals surface area contributed by atoms with Gasteiger partial charge < -0.3 is 5.32 Å². The zero-order valence-corrected chi connectivity index (χ0v) is 18.8. The highest BCUT2D eigenvalue weighted by molar-refractivity contribution is 8.00. The van der Waals surface area contributed by atoms with Crippen molar-refractivity contribution in [1.29, 1.82) is 0 Å². The van der Waals surface area contributed by atoms with Crippen molar-refractivity contribution in [2.75, 3.05) is 5.32 Å². The Hall–Kier alpha value is -3.50. The molecule has 1 amide bonds. The number of fused-ring (bicyclic) bond motifs is 1. The Morgan fingerprint density at radius 1 is 1.19 bits per heavy atom. The molecule has 0 radical (unpaired) electrons. The molecule has 8 nitrogen and oxygen atoms in total. The van der Waals surface area contributed by atoms with E-state index in [2.05, 4.69) is 10.3 Å². The number of anilines is 1. The second-order valence-electron chi connectivity index (χ2n) is 7.01. The third kappa shape index (κ3) is 4.41. The van der Waals surface area contributed by atoms with Crippen LogP contribution in [-0.2, 0) is 11.8 Å². The number of thiophene rings is 1. The van der Waals surface area contributed by atoms with E-state index in [9.17, 15) is 19.7 Å². The van der Waals surface area contributed by atoms with E-state index in [-0.39, 0.29) is 17.2 Å². The second kappa shape index (κ2) is 8.93. The summed E-state index contributed by atoms with van der Waals surface area (Å²) < 4.78 is 1.44. The maximum absolute atomic E-state index is 12.9. The summed E-state index contributed by atoms with van der Waals surface area (Å²) in [5.74, 6) is -0.346. The molecule has 0 aliphatic rings. The molecule has 2 aromatic heterocycles. The van der Waals surface area contributed by atoms with Crippen LogP contribution in [0.2, 0.25) is 0 Å². The number of hydrogen-bond acceptors (Lipinski definition) is 7. The van der Waals surface area contributed by atoms with Gasteiger partial charge in [0.15, 0.2) is 5.16 Å². The van der Waals surface area contributed by atoms with Gasteiger partial charge in [0, 0.05) is 29.7 Å². The minimum absolute atomic E-state index is 0.107. The van der Waals surface area contributed by atoms with Crippen molar-refractivity contribution in [3.05, 3.63) is 81.1 Å². The number of nitrogens with one attached hydrogen (secondary N) is 1. The summed E-state index contributed by atoms with van der Waals surface area (Å²) in [6.07, 6.45) is 0. The Kier molecular flexibility index (Phi) is 6.06. The van der Waals surface area contributed by atoms with Crippen LogP contribution in [0.3, 0.4) is 0 Å². The first-order valence-corrected chi connectivity index (χ1v) is 11.3. The van der Waals surface area contributed by atoms with Gasteiger partial charge in [0.1, 0.15) is 4.83 Å². The van der Waals surface area contributed by atoms with Gasteiger partial charge in [-0.05, 0) is 24.6 Å². The molecule has 0 fully saturated rings. The minimum Gasteiger partial charge on any atom is -0.325 e. The molecule has 0 bridgehead atoms. The minimum atomic E-state index is -0.585. The average molecular weight is 467 g/mol. The fourth-order valence-electron chi connectivity index (χ4n) is 3.05. The zero-order valence-electron chi connectivity index (χ0n) is 17.1. The molecule has 0 aliphatic heterocycles. The van der Waals surface area contributed by atoms with Crippen LogP contribution in [0.25, 0.3) is 20.7 Å². The molecule has 10 heteroatoms. The first-order chi connectivity index (χ1) is 15.3. The molecular weight excluding hydrogens is 448 g/mol. The average Bonchev–Trinajstić information content (AvgIpc) is 3.22. The van der Waals surface area contributed by atoms with Gasteiger partial charge in [0.2, 0.25) is 5.91 Å². The number of amides is 1. The summed E-state index contributed by atoms with van der Waals surface area (Å²) in [5, 5.41) is 14.0. The second-order valence-corrected chi connectivity index (χ2v) is 9.35. The van der Waals surface area contributed by atoms with Crippen molar-refractivity contribution >= 4 is 50.6 Å². The molecular formula is C22H18N4O4S2. The summed E-state index contributed by atoms with van der Waals surface area (Å²) >= 11 is 2.58. The number of nitro groups is 1. The molecule has 1 N–H and O–H groups in total. The van der Waals surface area contributed by atoms with Gasteiger partial charge in [-0.2, -0.15) is 0 Å². The van der Waals surface area contributed by atoms with E-state index in [1.54, 1.807) is 20.0 Å². The van der Waals surface area contributed by atoms with E-state index in [0.29, 0.717) is 21.1 Å². The normalized spacial score (nSPS) is 11.9. The molecule has 2 heterocycles. The molecule has 1 unspecified atom stereocenters. The Balaban J connectivity index is 1.57. The standard InChI is InChI=1S/C22H18N4O4S2/c1-13(19(27)23-15-9-6-10-16(11-15)26(29)30)31-22-24-20-17(21(28)25(22)2)12-18(32-20)14-7-4-3-5-8-14/h3-13H,1-2H3,(H,23,27). The van der Waals surface area contributed by atoms with Crippen molar-refractivity contribution in [3.8, 4) is 10.4 Å². The third-order valence-electron chi connectivity index (χ3n) is 4.77. The van der Waals surface area contributed by atoms with Crippen LogP contribution >= 0.6 is 23.1 Å². The lowest BCUT2D eigenvalue weighted by Crippen LogP contribution is -2.25. The number of carbonyl (C=O) groups is 1. The quantitative estimate of drug-likeness (QED) is 0.191. The largest absolute Gasteiger partial charge is 0.325 e. The summed E-state index contributed by atoms with van der Waals surface area (Å²) in [4.78, 5) is 42.1. The number of non-ortho nitro benzene ring substituents is 1. The Bertz CT molecular complexity index is 1380. The summed E-state index contributed by atoms with van der Waals surface area (Å²) in [6, 6.07) is 17.4. The highest BCUT2D eigenvalue weighted by Crippen LogP contribution is 2.32.